The number of methoxy groups -OCH3 is 1. The maximum Gasteiger partial charge on any atom is 0.416 e. The Morgan fingerprint density at radius 3 is 2.25 bits per heavy atom. The summed E-state index contributed by atoms with van der Waals surface area (Å²) in [6.45, 7) is 3.12. The maximum absolute atomic E-state index is 12.8. The van der Waals surface area contributed by atoms with Crippen molar-refractivity contribution in [2.75, 3.05) is 20.8 Å². The van der Waals surface area contributed by atoms with Crippen LogP contribution in [0.1, 0.15) is 23.6 Å². The van der Waals surface area contributed by atoms with Gasteiger partial charge in [-0.05, 0) is 42.3 Å². The molecule has 0 spiro atoms. The van der Waals surface area contributed by atoms with E-state index in [9.17, 15) is 13.2 Å². The highest BCUT2D eigenvalue weighted by atomic mass is 19.4. The number of nitrogens with one attached hydrogen (secondary N) is 2. The second kappa shape index (κ2) is 9.87. The van der Waals surface area contributed by atoms with E-state index in [1.165, 1.54) is 6.07 Å². The van der Waals surface area contributed by atoms with Crippen LogP contribution in [0.5, 0.6) is 11.5 Å². The summed E-state index contributed by atoms with van der Waals surface area (Å²) >= 11 is 0. The van der Waals surface area contributed by atoms with Gasteiger partial charge in [-0.1, -0.05) is 18.2 Å². The van der Waals surface area contributed by atoms with Crippen molar-refractivity contribution < 1.29 is 22.6 Å². The normalized spacial score (nSPS) is 11.9. The second-order valence-corrected chi connectivity index (χ2v) is 5.90. The molecular formula is C20H24F3N3O2. The van der Waals surface area contributed by atoms with E-state index in [1.807, 2.05) is 25.1 Å². The number of alkyl halides is 3. The topological polar surface area (TPSA) is 54.9 Å². The fourth-order valence-corrected chi connectivity index (χ4v) is 2.55. The zero-order valence-corrected chi connectivity index (χ0v) is 16.1. The lowest BCUT2D eigenvalue weighted by molar-refractivity contribution is -0.137. The van der Waals surface area contributed by atoms with Crippen LogP contribution >= 0.6 is 0 Å². The molecule has 0 bridgehead atoms. The first-order valence-electron chi connectivity index (χ1n) is 8.77. The number of guanidine groups is 1. The van der Waals surface area contributed by atoms with Gasteiger partial charge in [-0.2, -0.15) is 13.2 Å². The van der Waals surface area contributed by atoms with E-state index in [4.69, 9.17) is 9.47 Å². The zero-order chi connectivity index (χ0) is 20.6. The molecule has 0 aromatic heterocycles. The molecule has 0 aliphatic carbocycles. The van der Waals surface area contributed by atoms with Crippen molar-refractivity contribution in [3.05, 3.63) is 59.2 Å². The summed E-state index contributed by atoms with van der Waals surface area (Å²) in [4.78, 5) is 4.10. The third-order valence-electron chi connectivity index (χ3n) is 3.93. The van der Waals surface area contributed by atoms with E-state index in [0.717, 1.165) is 17.7 Å². The number of rotatable bonds is 7. The Labute approximate surface area is 162 Å². The molecule has 0 atom stereocenters. The highest BCUT2D eigenvalue weighted by Gasteiger charge is 2.30. The van der Waals surface area contributed by atoms with Crippen LogP contribution in [-0.2, 0) is 19.3 Å². The molecule has 0 aliphatic heterocycles. The van der Waals surface area contributed by atoms with E-state index in [2.05, 4.69) is 15.6 Å². The average Bonchev–Trinajstić information content (AvgIpc) is 2.68. The van der Waals surface area contributed by atoms with Gasteiger partial charge in [0.25, 0.3) is 0 Å². The first kappa shape index (κ1) is 21.4. The summed E-state index contributed by atoms with van der Waals surface area (Å²) < 4.78 is 49.2. The van der Waals surface area contributed by atoms with Crippen molar-refractivity contribution >= 4 is 5.96 Å². The summed E-state index contributed by atoms with van der Waals surface area (Å²) in [5, 5.41) is 6.13. The summed E-state index contributed by atoms with van der Waals surface area (Å²) in [6.07, 6.45) is -4.36. The fraction of sp³-hybridized carbons (Fsp3) is 0.350. The van der Waals surface area contributed by atoms with Gasteiger partial charge in [0.1, 0.15) is 0 Å². The van der Waals surface area contributed by atoms with Gasteiger partial charge in [0, 0.05) is 20.1 Å². The molecule has 0 radical (unpaired) electrons. The second-order valence-electron chi connectivity index (χ2n) is 5.90. The van der Waals surface area contributed by atoms with Gasteiger partial charge in [-0.25, -0.2) is 0 Å². The van der Waals surface area contributed by atoms with E-state index in [1.54, 1.807) is 20.2 Å². The van der Waals surface area contributed by atoms with Crippen molar-refractivity contribution in [3.8, 4) is 11.5 Å². The molecule has 152 valence electrons. The van der Waals surface area contributed by atoms with Gasteiger partial charge in [-0.15, -0.1) is 0 Å². The van der Waals surface area contributed by atoms with Crippen LogP contribution in [0.4, 0.5) is 13.2 Å². The molecule has 0 fully saturated rings. The quantitative estimate of drug-likeness (QED) is 0.550. The van der Waals surface area contributed by atoms with Crippen LogP contribution in [0.25, 0.3) is 0 Å². The molecule has 2 N–H and O–H groups in total. The maximum atomic E-state index is 12.8. The van der Waals surface area contributed by atoms with Crippen LogP contribution < -0.4 is 20.1 Å². The number of hydrogen-bond donors (Lipinski definition) is 2. The zero-order valence-electron chi connectivity index (χ0n) is 16.1. The number of hydrogen-bond acceptors (Lipinski definition) is 3. The third-order valence-corrected chi connectivity index (χ3v) is 3.93. The van der Waals surface area contributed by atoms with Gasteiger partial charge in [-0.3, -0.25) is 4.99 Å². The molecule has 2 rings (SSSR count). The van der Waals surface area contributed by atoms with E-state index in [-0.39, 0.29) is 6.54 Å². The van der Waals surface area contributed by atoms with Crippen molar-refractivity contribution in [3.63, 3.8) is 0 Å². The number of nitrogens with zero attached hydrogens (tertiary/aromatic N) is 1. The molecule has 0 saturated heterocycles. The average molecular weight is 395 g/mol. The molecule has 2 aromatic carbocycles. The lowest BCUT2D eigenvalue weighted by atomic mass is 10.1. The molecule has 5 nitrogen and oxygen atoms in total. The lowest BCUT2D eigenvalue weighted by Crippen LogP contribution is -2.36. The molecular weight excluding hydrogens is 371 g/mol. The van der Waals surface area contributed by atoms with Crippen LogP contribution in [0, 0.1) is 0 Å². The van der Waals surface area contributed by atoms with Gasteiger partial charge >= 0.3 is 6.18 Å². The molecule has 0 unspecified atom stereocenters. The Morgan fingerprint density at radius 1 is 1.00 bits per heavy atom. The van der Waals surface area contributed by atoms with Crippen LogP contribution in [-0.4, -0.2) is 26.7 Å². The molecule has 2 aromatic rings. The lowest BCUT2D eigenvalue weighted by Gasteiger charge is -2.14. The van der Waals surface area contributed by atoms with Crippen molar-refractivity contribution in [1.82, 2.24) is 10.6 Å². The Morgan fingerprint density at radius 2 is 1.68 bits per heavy atom. The standard InChI is InChI=1S/C20H24F3N3O2/c1-4-28-17-9-8-15(11-18(17)27-3)13-26-19(24-2)25-12-14-6-5-7-16(10-14)20(21,22)23/h5-11H,4,12-13H2,1-3H3,(H2,24,25,26). The Hall–Kier alpha value is -2.90. The van der Waals surface area contributed by atoms with E-state index in [0.29, 0.717) is 36.2 Å². The minimum Gasteiger partial charge on any atom is -0.493 e. The molecule has 0 heterocycles. The summed E-state index contributed by atoms with van der Waals surface area (Å²) in [6, 6.07) is 10.8. The molecule has 0 aliphatic rings. The monoisotopic (exact) mass is 395 g/mol. The van der Waals surface area contributed by atoms with Crippen molar-refractivity contribution in [1.29, 1.82) is 0 Å². The summed E-state index contributed by atoms with van der Waals surface area (Å²) in [5.74, 6) is 1.78. The largest absolute Gasteiger partial charge is 0.493 e. The van der Waals surface area contributed by atoms with E-state index >= 15 is 0 Å². The SMILES string of the molecule is CCOc1ccc(CNC(=NC)NCc2cccc(C(F)(F)F)c2)cc1OC. The molecule has 0 saturated carbocycles. The third kappa shape index (κ3) is 6.07. The predicted molar refractivity (Wildman–Crippen MR) is 103 cm³/mol. The minimum absolute atomic E-state index is 0.218. The molecule has 28 heavy (non-hydrogen) atoms. The van der Waals surface area contributed by atoms with Crippen LogP contribution in [0.2, 0.25) is 0 Å². The number of halogens is 3. The predicted octanol–water partition coefficient (Wildman–Crippen LogP) is 3.98. The summed E-state index contributed by atoms with van der Waals surface area (Å²) in [7, 11) is 3.17. The first-order valence-corrected chi connectivity index (χ1v) is 8.77. The highest BCUT2D eigenvalue weighted by molar-refractivity contribution is 5.79. The molecule has 0 amide bonds. The number of aliphatic imine (C=N–C) groups is 1. The van der Waals surface area contributed by atoms with Gasteiger partial charge < -0.3 is 20.1 Å². The van der Waals surface area contributed by atoms with Gasteiger partial charge in [0.05, 0.1) is 19.3 Å². The summed E-state index contributed by atoms with van der Waals surface area (Å²) in [5.41, 5.74) is 0.791. The van der Waals surface area contributed by atoms with Gasteiger partial charge in [0.15, 0.2) is 17.5 Å². The number of benzene rings is 2. The van der Waals surface area contributed by atoms with Gasteiger partial charge in [0.2, 0.25) is 0 Å². The Balaban J connectivity index is 1.95. The Bertz CT molecular complexity index is 808. The van der Waals surface area contributed by atoms with E-state index < -0.39 is 11.7 Å². The van der Waals surface area contributed by atoms with Crippen molar-refractivity contribution in [2.45, 2.75) is 26.2 Å². The smallest absolute Gasteiger partial charge is 0.416 e. The van der Waals surface area contributed by atoms with Crippen LogP contribution in [0.15, 0.2) is 47.5 Å². The van der Waals surface area contributed by atoms with Crippen molar-refractivity contribution in [2.24, 2.45) is 4.99 Å². The first-order chi connectivity index (χ1) is 13.4. The minimum atomic E-state index is -4.36. The number of ether oxygens (including phenoxy) is 2. The van der Waals surface area contributed by atoms with Crippen LogP contribution in [0.3, 0.4) is 0 Å². The highest BCUT2D eigenvalue weighted by Crippen LogP contribution is 2.29. The molecule has 8 heteroatoms. The fourth-order valence-electron chi connectivity index (χ4n) is 2.55. The Kier molecular flexibility index (Phi) is 7.54.